The monoisotopic (exact) mass is 262 g/mol. The van der Waals surface area contributed by atoms with Crippen LogP contribution in [0.2, 0.25) is 0 Å². The van der Waals surface area contributed by atoms with Crippen LogP contribution in [0, 0.1) is 6.92 Å². The minimum absolute atomic E-state index is 0.702. The van der Waals surface area contributed by atoms with Crippen molar-refractivity contribution in [2.24, 2.45) is 0 Å². The van der Waals surface area contributed by atoms with Crippen LogP contribution in [0.4, 0.5) is 11.6 Å². The third-order valence-electron chi connectivity index (χ3n) is 3.55. The number of nitrogens with zero attached hydrogens (tertiary/aromatic N) is 3. The van der Waals surface area contributed by atoms with E-state index >= 15 is 0 Å². The van der Waals surface area contributed by atoms with E-state index in [0.29, 0.717) is 6.04 Å². The third kappa shape index (κ3) is 3.17. The van der Waals surface area contributed by atoms with E-state index in [1.807, 2.05) is 0 Å². The molecule has 0 spiro atoms. The molecule has 0 bridgehead atoms. The SMILES string of the molecule is CCCN(c1nc(CC)nc(NCC)c1C)C1CC1. The third-order valence-corrected chi connectivity index (χ3v) is 3.55. The molecule has 4 nitrogen and oxygen atoms in total. The predicted molar refractivity (Wildman–Crippen MR) is 81.0 cm³/mol. The number of rotatable bonds is 7. The van der Waals surface area contributed by atoms with E-state index in [-0.39, 0.29) is 0 Å². The fraction of sp³-hybridized carbons (Fsp3) is 0.733. The molecule has 106 valence electrons. The summed E-state index contributed by atoms with van der Waals surface area (Å²) in [5.74, 6) is 3.09. The summed E-state index contributed by atoms with van der Waals surface area (Å²) in [4.78, 5) is 11.9. The number of anilines is 2. The minimum atomic E-state index is 0.702. The molecule has 4 heteroatoms. The van der Waals surface area contributed by atoms with Gasteiger partial charge >= 0.3 is 0 Å². The Morgan fingerprint density at radius 2 is 1.95 bits per heavy atom. The van der Waals surface area contributed by atoms with E-state index in [2.05, 4.69) is 42.9 Å². The molecule has 0 unspecified atom stereocenters. The van der Waals surface area contributed by atoms with Gasteiger partial charge < -0.3 is 10.2 Å². The zero-order chi connectivity index (χ0) is 13.8. The highest BCUT2D eigenvalue weighted by Gasteiger charge is 2.31. The number of aryl methyl sites for hydroxylation is 1. The van der Waals surface area contributed by atoms with Gasteiger partial charge in [-0.15, -0.1) is 0 Å². The molecule has 1 aromatic heterocycles. The first-order chi connectivity index (χ1) is 9.21. The highest BCUT2D eigenvalue weighted by molar-refractivity contribution is 5.59. The van der Waals surface area contributed by atoms with Gasteiger partial charge in [-0.25, -0.2) is 9.97 Å². The topological polar surface area (TPSA) is 41.1 Å². The summed E-state index contributed by atoms with van der Waals surface area (Å²) < 4.78 is 0. The molecule has 1 aliphatic rings. The second kappa shape index (κ2) is 6.22. The molecule has 0 radical (unpaired) electrons. The lowest BCUT2D eigenvalue weighted by atomic mass is 10.2. The molecule has 0 aliphatic heterocycles. The van der Waals surface area contributed by atoms with Gasteiger partial charge in [0.15, 0.2) is 0 Å². The van der Waals surface area contributed by atoms with Crippen LogP contribution in [-0.2, 0) is 6.42 Å². The Balaban J connectivity index is 2.38. The van der Waals surface area contributed by atoms with E-state index < -0.39 is 0 Å². The zero-order valence-corrected chi connectivity index (χ0v) is 12.7. The smallest absolute Gasteiger partial charge is 0.137 e. The molecule has 0 aromatic carbocycles. The van der Waals surface area contributed by atoms with Crippen molar-refractivity contribution in [3.8, 4) is 0 Å². The van der Waals surface area contributed by atoms with Crippen LogP contribution in [0.3, 0.4) is 0 Å². The summed E-state index contributed by atoms with van der Waals surface area (Å²) in [6, 6.07) is 0.702. The van der Waals surface area contributed by atoms with E-state index in [4.69, 9.17) is 4.98 Å². The zero-order valence-electron chi connectivity index (χ0n) is 12.7. The lowest BCUT2D eigenvalue weighted by Gasteiger charge is -2.26. The van der Waals surface area contributed by atoms with Crippen LogP contribution < -0.4 is 10.2 Å². The van der Waals surface area contributed by atoms with Gasteiger partial charge in [0.1, 0.15) is 17.5 Å². The predicted octanol–water partition coefficient (Wildman–Crippen LogP) is 3.16. The van der Waals surface area contributed by atoms with Crippen molar-refractivity contribution in [1.82, 2.24) is 9.97 Å². The molecule has 0 amide bonds. The first-order valence-electron chi connectivity index (χ1n) is 7.59. The second-order valence-corrected chi connectivity index (χ2v) is 5.25. The number of aromatic nitrogens is 2. The maximum Gasteiger partial charge on any atom is 0.137 e. The summed E-state index contributed by atoms with van der Waals surface area (Å²) in [5.41, 5.74) is 1.19. The Morgan fingerprint density at radius 1 is 1.21 bits per heavy atom. The van der Waals surface area contributed by atoms with Gasteiger partial charge in [-0.1, -0.05) is 13.8 Å². The van der Waals surface area contributed by atoms with Crippen LogP contribution >= 0.6 is 0 Å². The lowest BCUT2D eigenvalue weighted by molar-refractivity contribution is 0.738. The Hall–Kier alpha value is -1.32. The van der Waals surface area contributed by atoms with Crippen molar-refractivity contribution >= 4 is 11.6 Å². The van der Waals surface area contributed by atoms with E-state index in [1.165, 1.54) is 18.4 Å². The van der Waals surface area contributed by atoms with Crippen molar-refractivity contribution in [2.75, 3.05) is 23.3 Å². The van der Waals surface area contributed by atoms with Gasteiger partial charge in [-0.2, -0.15) is 0 Å². The van der Waals surface area contributed by atoms with E-state index in [0.717, 1.165) is 43.4 Å². The van der Waals surface area contributed by atoms with Crippen LogP contribution in [0.15, 0.2) is 0 Å². The van der Waals surface area contributed by atoms with Gasteiger partial charge in [0, 0.05) is 31.1 Å². The van der Waals surface area contributed by atoms with E-state index in [1.54, 1.807) is 0 Å². The molecular weight excluding hydrogens is 236 g/mol. The quantitative estimate of drug-likeness (QED) is 0.819. The van der Waals surface area contributed by atoms with Crippen LogP contribution in [0.25, 0.3) is 0 Å². The average Bonchev–Trinajstić information content (AvgIpc) is 3.23. The van der Waals surface area contributed by atoms with Gasteiger partial charge in [0.25, 0.3) is 0 Å². The standard InChI is InChI=1S/C15H26N4/c1-5-10-19(12-8-9-12)15-11(4)14(16-7-3)17-13(6-2)18-15/h12H,5-10H2,1-4H3,(H,16,17,18). The van der Waals surface area contributed by atoms with Crippen molar-refractivity contribution in [3.05, 3.63) is 11.4 Å². The Labute approximate surface area is 116 Å². The largest absolute Gasteiger partial charge is 0.370 e. The summed E-state index contributed by atoms with van der Waals surface area (Å²) in [6.45, 7) is 10.6. The Kier molecular flexibility index (Phi) is 4.61. The number of nitrogens with one attached hydrogen (secondary N) is 1. The van der Waals surface area contributed by atoms with Crippen LogP contribution in [-0.4, -0.2) is 29.1 Å². The molecule has 19 heavy (non-hydrogen) atoms. The number of hydrogen-bond acceptors (Lipinski definition) is 4. The summed E-state index contributed by atoms with van der Waals surface area (Å²) in [6.07, 6.45) is 4.66. The normalized spacial score (nSPS) is 14.5. The van der Waals surface area contributed by atoms with Crippen LogP contribution in [0.5, 0.6) is 0 Å². The fourth-order valence-corrected chi connectivity index (χ4v) is 2.42. The molecule has 1 aliphatic carbocycles. The highest BCUT2D eigenvalue weighted by atomic mass is 15.2. The molecule has 1 N–H and O–H groups in total. The van der Waals surface area contributed by atoms with Gasteiger partial charge in [-0.05, 0) is 33.1 Å². The molecule has 1 heterocycles. The van der Waals surface area contributed by atoms with Crippen molar-refractivity contribution in [2.45, 2.75) is 59.4 Å². The second-order valence-electron chi connectivity index (χ2n) is 5.25. The molecule has 0 saturated heterocycles. The average molecular weight is 262 g/mol. The molecule has 1 aromatic rings. The summed E-state index contributed by atoms with van der Waals surface area (Å²) in [5, 5.41) is 3.37. The lowest BCUT2D eigenvalue weighted by Crippen LogP contribution is -2.29. The van der Waals surface area contributed by atoms with Gasteiger partial charge in [0.2, 0.25) is 0 Å². The molecule has 2 rings (SSSR count). The summed E-state index contributed by atoms with van der Waals surface area (Å²) >= 11 is 0. The minimum Gasteiger partial charge on any atom is -0.370 e. The summed E-state index contributed by atoms with van der Waals surface area (Å²) in [7, 11) is 0. The van der Waals surface area contributed by atoms with E-state index in [9.17, 15) is 0 Å². The Bertz CT molecular complexity index is 426. The Morgan fingerprint density at radius 3 is 2.47 bits per heavy atom. The van der Waals surface area contributed by atoms with Crippen molar-refractivity contribution in [1.29, 1.82) is 0 Å². The van der Waals surface area contributed by atoms with Crippen molar-refractivity contribution < 1.29 is 0 Å². The van der Waals surface area contributed by atoms with Crippen LogP contribution in [0.1, 0.15) is 51.4 Å². The molecular formula is C15H26N4. The molecule has 1 saturated carbocycles. The maximum atomic E-state index is 4.79. The van der Waals surface area contributed by atoms with Gasteiger partial charge in [0.05, 0.1) is 0 Å². The fourth-order valence-electron chi connectivity index (χ4n) is 2.42. The first-order valence-corrected chi connectivity index (χ1v) is 7.59. The maximum absolute atomic E-state index is 4.79. The molecule has 0 atom stereocenters. The van der Waals surface area contributed by atoms with Crippen molar-refractivity contribution in [3.63, 3.8) is 0 Å². The number of hydrogen-bond donors (Lipinski definition) is 1. The van der Waals surface area contributed by atoms with Gasteiger partial charge in [-0.3, -0.25) is 0 Å². The first kappa shape index (κ1) is 14.1. The molecule has 1 fully saturated rings. The highest BCUT2D eigenvalue weighted by Crippen LogP contribution is 2.34.